The number of fused-ring (bicyclic) bond motifs is 1. The van der Waals surface area contributed by atoms with Gasteiger partial charge in [-0.1, -0.05) is 29.5 Å². The van der Waals surface area contributed by atoms with Gasteiger partial charge >= 0.3 is 0 Å². The van der Waals surface area contributed by atoms with Crippen LogP contribution in [-0.2, 0) is 17.9 Å². The molecule has 9 nitrogen and oxygen atoms in total. The molecule has 0 radical (unpaired) electrons. The third-order valence-electron chi connectivity index (χ3n) is 4.75. The zero-order valence-corrected chi connectivity index (χ0v) is 18.3. The summed E-state index contributed by atoms with van der Waals surface area (Å²) in [6, 6.07) is 9.44. The molecule has 4 rings (SSSR count). The molecule has 0 saturated carbocycles. The molecule has 0 aromatic carbocycles. The summed E-state index contributed by atoms with van der Waals surface area (Å²) >= 11 is 0. The van der Waals surface area contributed by atoms with Gasteiger partial charge in [-0.15, -0.1) is 24.8 Å². The van der Waals surface area contributed by atoms with Crippen LogP contribution in [0.1, 0.15) is 11.4 Å². The molecule has 33 heavy (non-hydrogen) atoms. The first-order valence-corrected chi connectivity index (χ1v) is 10.5. The summed E-state index contributed by atoms with van der Waals surface area (Å²) < 4.78 is 12.8. The van der Waals surface area contributed by atoms with Gasteiger partial charge in [0.25, 0.3) is 0 Å². The van der Waals surface area contributed by atoms with Crippen molar-refractivity contribution in [3.63, 3.8) is 0 Å². The van der Waals surface area contributed by atoms with E-state index in [1.54, 1.807) is 29.2 Å². The van der Waals surface area contributed by atoms with E-state index in [9.17, 15) is 0 Å². The molecule has 0 spiro atoms. The molecule has 0 bridgehead atoms. The van der Waals surface area contributed by atoms with Gasteiger partial charge < -0.3 is 14.1 Å². The Labute approximate surface area is 191 Å². The topological polar surface area (TPSA) is 95.0 Å². The number of nitrogens with zero attached hydrogens (tertiary/aromatic N) is 7. The molecule has 4 heterocycles. The van der Waals surface area contributed by atoms with Gasteiger partial charge in [0, 0.05) is 13.1 Å². The van der Waals surface area contributed by atoms with Gasteiger partial charge in [0.1, 0.15) is 5.69 Å². The molecule has 0 saturated heterocycles. The van der Waals surface area contributed by atoms with E-state index in [1.807, 2.05) is 35.2 Å². The van der Waals surface area contributed by atoms with E-state index < -0.39 is 0 Å². The normalized spacial score (nSPS) is 10.9. The maximum absolute atomic E-state index is 5.61. The number of anilines is 1. The van der Waals surface area contributed by atoms with Crippen molar-refractivity contribution in [1.29, 1.82) is 0 Å². The van der Waals surface area contributed by atoms with Crippen LogP contribution in [-0.4, -0.2) is 49.6 Å². The quantitative estimate of drug-likeness (QED) is 0.241. The Balaban J connectivity index is 1.74. The van der Waals surface area contributed by atoms with E-state index in [2.05, 4.69) is 35.0 Å². The van der Waals surface area contributed by atoms with Crippen molar-refractivity contribution in [3.05, 3.63) is 85.9 Å². The van der Waals surface area contributed by atoms with Crippen molar-refractivity contribution in [2.75, 3.05) is 24.6 Å². The summed E-state index contributed by atoms with van der Waals surface area (Å²) in [5.74, 6) is 1.10. The highest BCUT2D eigenvalue weighted by molar-refractivity contribution is 5.86. The van der Waals surface area contributed by atoms with Gasteiger partial charge in [-0.05, 0) is 24.3 Å². The molecule has 4 aromatic rings. The molecule has 4 aromatic heterocycles. The molecule has 0 unspecified atom stereocenters. The Morgan fingerprint density at radius 3 is 2.52 bits per heavy atom. The Kier molecular flexibility index (Phi) is 7.01. The second kappa shape index (κ2) is 10.5. The number of furan rings is 1. The summed E-state index contributed by atoms with van der Waals surface area (Å²) in [6.45, 7) is 13.7. The predicted octanol–water partition coefficient (Wildman–Crippen LogP) is 3.81. The standard InChI is InChI=1S/C24H25N7O2/c1-4-12-30(13-5-2)24-26-21(20-11-8-15-33-20)22-23(27-24)31(29-28-22)16-18-9-7-10-19(25-18)17-32-14-6-3/h4-11,15H,1-3,12-14,16-17H2. The Hall–Kier alpha value is -4.11. The van der Waals surface area contributed by atoms with Crippen LogP contribution in [0.2, 0.25) is 0 Å². The minimum atomic E-state index is 0.392. The average molecular weight is 444 g/mol. The molecule has 0 atom stereocenters. The van der Waals surface area contributed by atoms with Gasteiger partial charge in [0.05, 0.1) is 37.4 Å². The van der Waals surface area contributed by atoms with Crippen LogP contribution in [0.5, 0.6) is 0 Å². The number of hydrogen-bond donors (Lipinski definition) is 0. The van der Waals surface area contributed by atoms with E-state index >= 15 is 0 Å². The zero-order chi connectivity index (χ0) is 23.0. The Morgan fingerprint density at radius 1 is 0.970 bits per heavy atom. The van der Waals surface area contributed by atoms with Crippen molar-refractivity contribution in [2.24, 2.45) is 0 Å². The molecule has 9 heteroatoms. The van der Waals surface area contributed by atoms with Gasteiger partial charge in [-0.25, -0.2) is 9.67 Å². The van der Waals surface area contributed by atoms with Crippen molar-refractivity contribution in [2.45, 2.75) is 13.2 Å². The number of rotatable bonds is 12. The van der Waals surface area contributed by atoms with Crippen LogP contribution >= 0.6 is 0 Å². The predicted molar refractivity (Wildman–Crippen MR) is 127 cm³/mol. The van der Waals surface area contributed by atoms with E-state index in [0.717, 1.165) is 11.4 Å². The maximum atomic E-state index is 5.61. The van der Waals surface area contributed by atoms with Crippen LogP contribution in [0.4, 0.5) is 5.95 Å². The third kappa shape index (κ3) is 5.04. The second-order valence-electron chi connectivity index (χ2n) is 7.18. The first-order chi connectivity index (χ1) is 16.2. The summed E-state index contributed by atoms with van der Waals surface area (Å²) in [5, 5.41) is 8.69. The summed E-state index contributed by atoms with van der Waals surface area (Å²) in [6.07, 6.45) is 6.90. The molecule has 0 N–H and O–H groups in total. The lowest BCUT2D eigenvalue weighted by atomic mass is 10.2. The van der Waals surface area contributed by atoms with E-state index in [4.69, 9.17) is 19.1 Å². The molecule has 0 aliphatic heterocycles. The fraction of sp³-hybridized carbons (Fsp3) is 0.208. The fourth-order valence-electron chi connectivity index (χ4n) is 3.33. The van der Waals surface area contributed by atoms with Crippen LogP contribution in [0.25, 0.3) is 22.6 Å². The number of aromatic nitrogens is 6. The molecule has 0 aliphatic rings. The third-order valence-corrected chi connectivity index (χ3v) is 4.75. The number of ether oxygens (including phenoxy) is 1. The zero-order valence-electron chi connectivity index (χ0n) is 18.3. The highest BCUT2D eigenvalue weighted by Crippen LogP contribution is 2.27. The first-order valence-electron chi connectivity index (χ1n) is 10.5. The van der Waals surface area contributed by atoms with E-state index in [1.165, 1.54) is 0 Å². The lowest BCUT2D eigenvalue weighted by Gasteiger charge is -2.19. The number of hydrogen-bond acceptors (Lipinski definition) is 8. The monoisotopic (exact) mass is 443 g/mol. The smallest absolute Gasteiger partial charge is 0.228 e. The molecular formula is C24H25N7O2. The van der Waals surface area contributed by atoms with Crippen molar-refractivity contribution in [3.8, 4) is 11.5 Å². The highest BCUT2D eigenvalue weighted by Gasteiger charge is 2.20. The van der Waals surface area contributed by atoms with Crippen LogP contribution in [0.3, 0.4) is 0 Å². The van der Waals surface area contributed by atoms with Crippen molar-refractivity contribution >= 4 is 17.1 Å². The average Bonchev–Trinajstić information content (AvgIpc) is 3.50. The lowest BCUT2D eigenvalue weighted by molar-refractivity contribution is 0.146. The van der Waals surface area contributed by atoms with E-state index in [0.29, 0.717) is 61.4 Å². The largest absolute Gasteiger partial charge is 0.463 e. The molecule has 0 fully saturated rings. The first kappa shape index (κ1) is 22.1. The maximum Gasteiger partial charge on any atom is 0.228 e. The van der Waals surface area contributed by atoms with Gasteiger partial charge in [0.2, 0.25) is 5.95 Å². The van der Waals surface area contributed by atoms with Crippen LogP contribution in [0, 0.1) is 0 Å². The SMILES string of the molecule is C=CCOCc1cccc(Cn2nnc3c(-c4ccco4)nc(N(CC=C)CC=C)nc32)n1. The van der Waals surface area contributed by atoms with Crippen LogP contribution < -0.4 is 4.90 Å². The number of pyridine rings is 1. The highest BCUT2D eigenvalue weighted by atomic mass is 16.5. The molecular weight excluding hydrogens is 418 g/mol. The van der Waals surface area contributed by atoms with Crippen molar-refractivity contribution in [1.82, 2.24) is 29.9 Å². The van der Waals surface area contributed by atoms with Crippen molar-refractivity contribution < 1.29 is 9.15 Å². The minimum Gasteiger partial charge on any atom is -0.463 e. The van der Waals surface area contributed by atoms with E-state index in [-0.39, 0.29) is 0 Å². The Bertz CT molecular complexity index is 1240. The minimum absolute atomic E-state index is 0.392. The molecule has 0 amide bonds. The van der Waals surface area contributed by atoms with Gasteiger partial charge in [-0.3, -0.25) is 4.98 Å². The lowest BCUT2D eigenvalue weighted by Crippen LogP contribution is -2.25. The molecule has 0 aliphatic carbocycles. The van der Waals surface area contributed by atoms with Crippen LogP contribution in [0.15, 0.2) is 79.0 Å². The second-order valence-corrected chi connectivity index (χ2v) is 7.18. The fourth-order valence-corrected chi connectivity index (χ4v) is 3.33. The van der Waals surface area contributed by atoms with Gasteiger partial charge in [0.15, 0.2) is 16.9 Å². The molecule has 168 valence electrons. The summed E-state index contributed by atoms with van der Waals surface area (Å²) in [5.41, 5.74) is 3.35. The summed E-state index contributed by atoms with van der Waals surface area (Å²) in [7, 11) is 0. The Morgan fingerprint density at radius 2 is 1.79 bits per heavy atom. The van der Waals surface area contributed by atoms with Gasteiger partial charge in [-0.2, -0.15) is 4.98 Å². The summed E-state index contributed by atoms with van der Waals surface area (Å²) in [4.78, 5) is 16.1.